The number of rotatable bonds is 6. The Labute approximate surface area is 186 Å². The second-order valence-corrected chi connectivity index (χ2v) is 8.28. The van der Waals surface area contributed by atoms with E-state index in [0.29, 0.717) is 23.2 Å². The van der Waals surface area contributed by atoms with Crippen LogP contribution in [0.4, 0.5) is 0 Å². The van der Waals surface area contributed by atoms with Gasteiger partial charge in [-0.1, -0.05) is 54.6 Å². The van der Waals surface area contributed by atoms with Gasteiger partial charge in [0.25, 0.3) is 11.5 Å². The van der Waals surface area contributed by atoms with Crippen LogP contribution in [0.25, 0.3) is 21.5 Å². The summed E-state index contributed by atoms with van der Waals surface area (Å²) in [5, 5.41) is 11.0. The molecule has 1 aliphatic heterocycles. The molecule has 0 unspecified atom stereocenters. The summed E-state index contributed by atoms with van der Waals surface area (Å²) in [6, 6.07) is 21.1. The smallest absolute Gasteiger partial charge is 0.274 e. The van der Waals surface area contributed by atoms with Gasteiger partial charge in [-0.05, 0) is 48.8 Å². The summed E-state index contributed by atoms with van der Waals surface area (Å²) < 4.78 is 1.56. The summed E-state index contributed by atoms with van der Waals surface area (Å²) in [5.74, 6) is -0.150. The topological polar surface area (TPSA) is 67.2 Å². The fraction of sp³-hybridized carbons (Fsp3) is 0.269. The highest BCUT2D eigenvalue weighted by atomic mass is 16.1. The van der Waals surface area contributed by atoms with Gasteiger partial charge >= 0.3 is 0 Å². The lowest BCUT2D eigenvalue weighted by Gasteiger charge is -2.16. The number of hydrogen-bond acceptors (Lipinski definition) is 4. The normalized spacial score (nSPS) is 14.2. The van der Waals surface area contributed by atoms with Crippen molar-refractivity contribution >= 4 is 27.5 Å². The predicted octanol–water partition coefficient (Wildman–Crippen LogP) is 3.58. The largest absolute Gasteiger partial charge is 0.346 e. The lowest BCUT2D eigenvalue weighted by atomic mass is 10.0. The molecule has 0 atom stereocenters. The molecule has 2 heterocycles. The quantitative estimate of drug-likeness (QED) is 0.512. The van der Waals surface area contributed by atoms with Crippen LogP contribution >= 0.6 is 0 Å². The maximum Gasteiger partial charge on any atom is 0.274 e. The molecule has 1 N–H and O–H groups in total. The van der Waals surface area contributed by atoms with Crippen molar-refractivity contribution in [1.29, 1.82) is 0 Å². The molecule has 6 heteroatoms. The van der Waals surface area contributed by atoms with Gasteiger partial charge < -0.3 is 10.2 Å². The number of likely N-dealkylation sites (tertiary alicyclic amines) is 1. The molecule has 1 fully saturated rings. The second-order valence-electron chi connectivity index (χ2n) is 8.28. The van der Waals surface area contributed by atoms with E-state index >= 15 is 0 Å². The van der Waals surface area contributed by atoms with Crippen molar-refractivity contribution in [2.75, 3.05) is 19.6 Å². The number of amides is 1. The van der Waals surface area contributed by atoms with Crippen LogP contribution in [0.1, 0.15) is 28.9 Å². The highest BCUT2D eigenvalue weighted by Crippen LogP contribution is 2.19. The lowest BCUT2D eigenvalue weighted by Crippen LogP contribution is -2.32. The van der Waals surface area contributed by atoms with Crippen molar-refractivity contribution < 1.29 is 4.79 Å². The molecule has 3 aromatic carbocycles. The van der Waals surface area contributed by atoms with Crippen LogP contribution in [-0.4, -0.2) is 40.2 Å². The van der Waals surface area contributed by atoms with Gasteiger partial charge in [0.1, 0.15) is 0 Å². The molecule has 0 aliphatic carbocycles. The monoisotopic (exact) mass is 426 g/mol. The Morgan fingerprint density at radius 2 is 1.53 bits per heavy atom. The van der Waals surface area contributed by atoms with E-state index in [9.17, 15) is 9.59 Å². The minimum absolute atomic E-state index is 0.0797. The zero-order valence-corrected chi connectivity index (χ0v) is 18.0. The van der Waals surface area contributed by atoms with Gasteiger partial charge in [0, 0.05) is 17.5 Å². The maximum atomic E-state index is 13.0. The third-order valence-electron chi connectivity index (χ3n) is 6.22. The van der Waals surface area contributed by atoms with Crippen LogP contribution in [0, 0.1) is 0 Å². The Bertz CT molecular complexity index is 1330. The van der Waals surface area contributed by atoms with Crippen LogP contribution in [0.15, 0.2) is 71.5 Å². The number of benzene rings is 3. The predicted molar refractivity (Wildman–Crippen MR) is 127 cm³/mol. The Hall–Kier alpha value is -3.51. The van der Waals surface area contributed by atoms with Crippen molar-refractivity contribution in [3.63, 3.8) is 0 Å². The zero-order valence-electron chi connectivity index (χ0n) is 18.0. The number of carbonyl (C=O) groups excluding carboxylic acids is 1. The van der Waals surface area contributed by atoms with Crippen molar-refractivity contribution in [1.82, 2.24) is 20.0 Å². The molecule has 1 amide bonds. The molecule has 0 spiro atoms. The summed E-state index contributed by atoms with van der Waals surface area (Å²) in [5.41, 5.74) is 1.26. The highest BCUT2D eigenvalue weighted by molar-refractivity contribution is 6.07. The molecule has 0 saturated carbocycles. The van der Waals surface area contributed by atoms with E-state index in [1.54, 1.807) is 4.68 Å². The standard InChI is InChI=1S/C26H26N4O2/c31-25(22-13-7-9-19-8-1-2-10-20(19)22)27-18-24-21-11-3-4-12-23(21)26(32)30(28-24)17-16-29-14-5-6-15-29/h1-4,7-13H,5-6,14-18H2,(H,27,31). The van der Waals surface area contributed by atoms with Crippen molar-refractivity contribution in [2.24, 2.45) is 0 Å². The van der Waals surface area contributed by atoms with Crippen LogP contribution in [0.2, 0.25) is 0 Å². The number of aromatic nitrogens is 2. The van der Waals surface area contributed by atoms with Crippen molar-refractivity contribution in [2.45, 2.75) is 25.9 Å². The van der Waals surface area contributed by atoms with Gasteiger partial charge in [0.05, 0.1) is 24.2 Å². The van der Waals surface area contributed by atoms with E-state index in [0.717, 1.165) is 35.8 Å². The van der Waals surface area contributed by atoms with Crippen LogP contribution in [0.3, 0.4) is 0 Å². The highest BCUT2D eigenvalue weighted by Gasteiger charge is 2.15. The molecule has 6 nitrogen and oxygen atoms in total. The van der Waals surface area contributed by atoms with Gasteiger partial charge in [0.2, 0.25) is 0 Å². The van der Waals surface area contributed by atoms with E-state index in [1.165, 1.54) is 12.8 Å². The van der Waals surface area contributed by atoms with Crippen LogP contribution in [0.5, 0.6) is 0 Å². The first-order valence-corrected chi connectivity index (χ1v) is 11.2. The summed E-state index contributed by atoms with van der Waals surface area (Å²) in [6.45, 7) is 3.78. The molecule has 4 aromatic rings. The molecule has 0 radical (unpaired) electrons. The summed E-state index contributed by atoms with van der Waals surface area (Å²) in [7, 11) is 0. The van der Waals surface area contributed by atoms with Gasteiger partial charge in [-0.15, -0.1) is 0 Å². The minimum Gasteiger partial charge on any atom is -0.346 e. The molecule has 1 aromatic heterocycles. The number of fused-ring (bicyclic) bond motifs is 2. The zero-order chi connectivity index (χ0) is 21.9. The van der Waals surface area contributed by atoms with E-state index < -0.39 is 0 Å². The van der Waals surface area contributed by atoms with E-state index in [2.05, 4.69) is 15.3 Å². The minimum atomic E-state index is -0.150. The summed E-state index contributed by atoms with van der Waals surface area (Å²) >= 11 is 0. The fourth-order valence-electron chi connectivity index (χ4n) is 4.51. The first-order chi connectivity index (χ1) is 15.7. The third kappa shape index (κ3) is 4.01. The Morgan fingerprint density at radius 3 is 2.34 bits per heavy atom. The van der Waals surface area contributed by atoms with Crippen LogP contribution < -0.4 is 10.9 Å². The van der Waals surface area contributed by atoms with Crippen LogP contribution in [-0.2, 0) is 13.1 Å². The maximum absolute atomic E-state index is 13.0. The number of nitrogens with zero attached hydrogens (tertiary/aromatic N) is 3. The van der Waals surface area contributed by atoms with E-state index in [-0.39, 0.29) is 18.0 Å². The summed E-state index contributed by atoms with van der Waals surface area (Å²) in [6.07, 6.45) is 2.43. The third-order valence-corrected chi connectivity index (χ3v) is 6.22. The average Bonchev–Trinajstić information content (AvgIpc) is 3.36. The Morgan fingerprint density at radius 1 is 0.844 bits per heavy atom. The molecule has 5 rings (SSSR count). The molecule has 1 saturated heterocycles. The molecular weight excluding hydrogens is 400 g/mol. The Balaban J connectivity index is 1.42. The number of nitrogens with one attached hydrogen (secondary N) is 1. The molecule has 1 aliphatic rings. The molecular formula is C26H26N4O2. The fourth-order valence-corrected chi connectivity index (χ4v) is 4.51. The molecule has 0 bridgehead atoms. The van der Waals surface area contributed by atoms with Crippen molar-refractivity contribution in [3.05, 3.63) is 88.3 Å². The van der Waals surface area contributed by atoms with Gasteiger partial charge in [-0.3, -0.25) is 9.59 Å². The molecule has 32 heavy (non-hydrogen) atoms. The van der Waals surface area contributed by atoms with E-state index in [1.807, 2.05) is 66.7 Å². The number of carbonyl (C=O) groups is 1. The van der Waals surface area contributed by atoms with E-state index in [4.69, 9.17) is 0 Å². The SMILES string of the molecule is O=C(NCc1nn(CCN2CCCC2)c(=O)c2ccccc12)c1cccc2ccccc12. The van der Waals surface area contributed by atoms with Crippen molar-refractivity contribution in [3.8, 4) is 0 Å². The molecule has 162 valence electrons. The Kier molecular flexibility index (Phi) is 5.69. The average molecular weight is 427 g/mol. The second kappa shape index (κ2) is 8.93. The summed E-state index contributed by atoms with van der Waals surface area (Å²) in [4.78, 5) is 28.4. The van der Waals surface area contributed by atoms with Gasteiger partial charge in [-0.25, -0.2) is 4.68 Å². The first-order valence-electron chi connectivity index (χ1n) is 11.2. The number of hydrogen-bond donors (Lipinski definition) is 1. The first kappa shape index (κ1) is 20.4. The van der Waals surface area contributed by atoms with Gasteiger partial charge in [-0.2, -0.15) is 5.10 Å². The van der Waals surface area contributed by atoms with Gasteiger partial charge in [0.15, 0.2) is 0 Å². The lowest BCUT2D eigenvalue weighted by molar-refractivity contribution is 0.0952.